The number of piperidine rings is 2. The van der Waals surface area contributed by atoms with Crippen LogP contribution < -0.4 is 10.6 Å². The molecule has 0 aliphatic carbocycles. The van der Waals surface area contributed by atoms with Gasteiger partial charge in [0.15, 0.2) is 0 Å². The average molecular weight is 403 g/mol. The van der Waals surface area contributed by atoms with Crippen molar-refractivity contribution in [2.45, 2.75) is 32.2 Å². The molecule has 0 saturated carbocycles. The van der Waals surface area contributed by atoms with Gasteiger partial charge < -0.3 is 15.5 Å². The second kappa shape index (κ2) is 7.55. The van der Waals surface area contributed by atoms with Crippen LogP contribution in [0.1, 0.15) is 31.2 Å². The number of hydrogen-bond donors (Lipinski definition) is 1. The van der Waals surface area contributed by atoms with Gasteiger partial charge in [-0.1, -0.05) is 18.2 Å². The first-order chi connectivity index (χ1) is 14.6. The Morgan fingerprint density at radius 2 is 1.73 bits per heavy atom. The Kier molecular flexibility index (Phi) is 4.73. The molecule has 154 valence electrons. The van der Waals surface area contributed by atoms with Gasteiger partial charge in [0.1, 0.15) is 11.6 Å². The van der Waals surface area contributed by atoms with E-state index >= 15 is 0 Å². The predicted molar refractivity (Wildman–Crippen MR) is 117 cm³/mol. The summed E-state index contributed by atoms with van der Waals surface area (Å²) >= 11 is 0. The van der Waals surface area contributed by atoms with Crippen LogP contribution in [0.25, 0.3) is 11.0 Å². The van der Waals surface area contributed by atoms with Gasteiger partial charge in [0.2, 0.25) is 5.91 Å². The van der Waals surface area contributed by atoms with E-state index in [0.717, 1.165) is 67.7 Å². The largest absolute Gasteiger partial charge is 0.384 e. The molecule has 1 aromatic carbocycles. The molecule has 3 aromatic rings. The minimum Gasteiger partial charge on any atom is -0.384 e. The lowest BCUT2D eigenvalue weighted by Gasteiger charge is -2.46. The maximum Gasteiger partial charge on any atom is 0.229 e. The van der Waals surface area contributed by atoms with Crippen LogP contribution in [0.2, 0.25) is 0 Å². The van der Waals surface area contributed by atoms with Crippen molar-refractivity contribution in [3.63, 3.8) is 0 Å². The van der Waals surface area contributed by atoms with E-state index in [4.69, 9.17) is 10.7 Å². The lowest BCUT2D eigenvalue weighted by Crippen LogP contribution is -2.53. The van der Waals surface area contributed by atoms with Crippen molar-refractivity contribution in [1.29, 1.82) is 0 Å². The smallest absolute Gasteiger partial charge is 0.229 e. The van der Waals surface area contributed by atoms with Gasteiger partial charge in [-0.05, 0) is 49.4 Å². The number of para-hydroxylation sites is 2. The summed E-state index contributed by atoms with van der Waals surface area (Å²) in [6, 6.07) is 11.7. The summed E-state index contributed by atoms with van der Waals surface area (Å²) in [6.07, 6.45) is 7.35. The number of amides is 1. The number of hydrogen-bond acceptors (Lipinski definition) is 6. The molecule has 2 N–H and O–H groups in total. The third kappa shape index (κ3) is 3.44. The molecule has 2 aromatic heterocycles. The van der Waals surface area contributed by atoms with Crippen LogP contribution in [-0.4, -0.2) is 45.4 Å². The Labute approximate surface area is 175 Å². The molecule has 2 saturated heterocycles. The molecule has 2 aliphatic rings. The van der Waals surface area contributed by atoms with Crippen LogP contribution in [0.5, 0.6) is 0 Å². The van der Waals surface area contributed by atoms with E-state index in [1.54, 1.807) is 12.3 Å². The van der Waals surface area contributed by atoms with E-state index in [2.05, 4.69) is 14.9 Å². The average Bonchev–Trinajstić information content (AvgIpc) is 2.79. The van der Waals surface area contributed by atoms with Gasteiger partial charge >= 0.3 is 0 Å². The predicted octanol–water partition coefficient (Wildman–Crippen LogP) is 3.02. The summed E-state index contributed by atoms with van der Waals surface area (Å²) in [5.41, 5.74) is 8.28. The van der Waals surface area contributed by atoms with Gasteiger partial charge in [-0.3, -0.25) is 9.78 Å². The Morgan fingerprint density at radius 3 is 2.50 bits per heavy atom. The fraction of sp³-hybridized carbons (Fsp3) is 0.391. The summed E-state index contributed by atoms with van der Waals surface area (Å²) in [4.78, 5) is 31.2. The minimum absolute atomic E-state index is 0.250. The van der Waals surface area contributed by atoms with Crippen molar-refractivity contribution in [2.75, 3.05) is 30.3 Å². The van der Waals surface area contributed by atoms with Crippen LogP contribution in [0.4, 0.5) is 11.6 Å². The maximum absolute atomic E-state index is 13.4. The summed E-state index contributed by atoms with van der Waals surface area (Å²) < 4.78 is 0. The van der Waals surface area contributed by atoms with Crippen molar-refractivity contribution in [3.8, 4) is 0 Å². The molecule has 0 unspecified atom stereocenters. The number of carbonyl (C=O) groups is 1. The number of pyridine rings is 1. The number of nitrogens with two attached hydrogens (primary N) is 1. The highest BCUT2D eigenvalue weighted by Crippen LogP contribution is 2.42. The highest BCUT2D eigenvalue weighted by Gasteiger charge is 2.45. The number of likely N-dealkylation sites (tertiary alicyclic amines) is 1. The van der Waals surface area contributed by atoms with E-state index in [1.165, 1.54) is 0 Å². The van der Waals surface area contributed by atoms with Crippen molar-refractivity contribution in [1.82, 2.24) is 19.9 Å². The van der Waals surface area contributed by atoms with Gasteiger partial charge in [-0.25, -0.2) is 9.97 Å². The Balaban J connectivity index is 1.28. The monoisotopic (exact) mass is 402 g/mol. The van der Waals surface area contributed by atoms with Gasteiger partial charge in [0, 0.05) is 32.4 Å². The third-order valence-electron chi connectivity index (χ3n) is 6.53. The summed E-state index contributed by atoms with van der Waals surface area (Å²) in [5.74, 6) is 1.69. The summed E-state index contributed by atoms with van der Waals surface area (Å²) in [7, 11) is 0. The van der Waals surface area contributed by atoms with Crippen LogP contribution in [0.15, 0.2) is 48.8 Å². The van der Waals surface area contributed by atoms with E-state index in [1.807, 2.05) is 41.4 Å². The Morgan fingerprint density at radius 1 is 0.933 bits per heavy atom. The summed E-state index contributed by atoms with van der Waals surface area (Å²) in [6.45, 7) is 3.07. The number of anilines is 2. The number of rotatable bonds is 3. The van der Waals surface area contributed by atoms with E-state index < -0.39 is 0 Å². The molecule has 0 bridgehead atoms. The highest BCUT2D eigenvalue weighted by atomic mass is 16.2. The maximum atomic E-state index is 13.4. The van der Waals surface area contributed by atoms with Crippen LogP contribution in [0, 0.1) is 5.41 Å². The van der Waals surface area contributed by atoms with Crippen molar-refractivity contribution < 1.29 is 4.79 Å². The van der Waals surface area contributed by atoms with Crippen molar-refractivity contribution >= 4 is 28.6 Å². The first kappa shape index (κ1) is 18.8. The number of aromatic nitrogens is 3. The fourth-order valence-electron chi connectivity index (χ4n) is 4.78. The molecule has 7 heteroatoms. The molecular weight excluding hydrogens is 376 g/mol. The molecule has 7 nitrogen and oxygen atoms in total. The zero-order valence-corrected chi connectivity index (χ0v) is 17.0. The quantitative estimate of drug-likeness (QED) is 0.725. The number of nitrogen functional groups attached to an aromatic ring is 1. The minimum atomic E-state index is -0.250. The second-order valence-electron chi connectivity index (χ2n) is 8.41. The number of carbonyl (C=O) groups excluding carboxylic acids is 1. The molecule has 2 fully saturated rings. The van der Waals surface area contributed by atoms with Gasteiger partial charge in [-0.2, -0.15) is 0 Å². The zero-order chi connectivity index (χ0) is 20.6. The third-order valence-corrected chi connectivity index (χ3v) is 6.53. The number of benzene rings is 1. The first-order valence-corrected chi connectivity index (χ1v) is 10.6. The molecule has 0 radical (unpaired) electrons. The normalized spacial score (nSPS) is 18.9. The number of nitrogens with zero attached hydrogens (tertiary/aromatic N) is 5. The van der Waals surface area contributed by atoms with Gasteiger partial charge in [0.25, 0.3) is 0 Å². The lowest BCUT2D eigenvalue weighted by atomic mass is 9.71. The molecule has 4 heterocycles. The molecule has 1 spiro atoms. The SMILES string of the molecule is Nc1ccc(CN2CCCC3(CCN(c4cnc5ccccc5n4)CC3)C2=O)cn1. The molecule has 0 atom stereocenters. The zero-order valence-electron chi connectivity index (χ0n) is 17.0. The molecule has 5 rings (SSSR count). The highest BCUT2D eigenvalue weighted by molar-refractivity contribution is 5.84. The Bertz CT molecular complexity index is 1060. The van der Waals surface area contributed by atoms with Crippen molar-refractivity contribution in [3.05, 3.63) is 54.4 Å². The second-order valence-corrected chi connectivity index (χ2v) is 8.41. The number of fused-ring (bicyclic) bond motifs is 1. The standard InChI is InChI=1S/C23H26N6O/c24-20-7-6-17(14-26-20)16-29-11-3-8-23(22(29)30)9-12-28(13-10-23)21-15-25-18-4-1-2-5-19(18)27-21/h1-2,4-7,14-15H,3,8-13,16H2,(H2,24,26). The van der Waals surface area contributed by atoms with E-state index in [9.17, 15) is 4.79 Å². The molecule has 2 aliphatic heterocycles. The molecular formula is C23H26N6O. The lowest BCUT2D eigenvalue weighted by molar-refractivity contribution is -0.148. The van der Waals surface area contributed by atoms with E-state index in [-0.39, 0.29) is 11.3 Å². The molecule has 30 heavy (non-hydrogen) atoms. The van der Waals surface area contributed by atoms with Gasteiger partial charge in [-0.15, -0.1) is 0 Å². The van der Waals surface area contributed by atoms with Crippen molar-refractivity contribution in [2.24, 2.45) is 5.41 Å². The van der Waals surface area contributed by atoms with Crippen LogP contribution in [-0.2, 0) is 11.3 Å². The van der Waals surface area contributed by atoms with Gasteiger partial charge in [0.05, 0.1) is 22.6 Å². The molecule has 1 amide bonds. The first-order valence-electron chi connectivity index (χ1n) is 10.6. The fourth-order valence-corrected chi connectivity index (χ4v) is 4.78. The van der Waals surface area contributed by atoms with E-state index in [0.29, 0.717) is 12.4 Å². The van der Waals surface area contributed by atoms with Crippen LogP contribution in [0.3, 0.4) is 0 Å². The topological polar surface area (TPSA) is 88.2 Å². The van der Waals surface area contributed by atoms with Crippen LogP contribution >= 0.6 is 0 Å². The Hall–Kier alpha value is -3.22. The summed E-state index contributed by atoms with van der Waals surface area (Å²) in [5, 5.41) is 0.